The van der Waals surface area contributed by atoms with Gasteiger partial charge in [-0.2, -0.15) is 0 Å². The molecule has 1 unspecified atom stereocenters. The zero-order valence-corrected chi connectivity index (χ0v) is 15.9. The molecule has 0 aromatic heterocycles. The molecule has 0 bridgehead atoms. The molecule has 2 aromatic rings. The Morgan fingerprint density at radius 2 is 1.92 bits per heavy atom. The number of carbonyl (C=O) groups excluding carboxylic acids is 1. The Morgan fingerprint density at radius 3 is 2.62 bits per heavy atom. The lowest BCUT2D eigenvalue weighted by molar-refractivity contribution is 0.0734. The second-order valence-electron chi connectivity index (χ2n) is 6.71. The third-order valence-corrected chi connectivity index (χ3v) is 4.92. The van der Waals surface area contributed by atoms with Gasteiger partial charge >= 0.3 is 0 Å². The molecule has 0 saturated carbocycles. The lowest BCUT2D eigenvalue weighted by Crippen LogP contribution is -2.31. The van der Waals surface area contributed by atoms with Gasteiger partial charge < -0.3 is 19.3 Å². The SMILES string of the molecule is COc1ccc(C2CCCN2C(=O)c2cccc(N(C)C)c2)c(OC)c1. The Labute approximate surface area is 155 Å². The van der Waals surface area contributed by atoms with Gasteiger partial charge in [0, 0.05) is 43.5 Å². The van der Waals surface area contributed by atoms with E-state index in [1.807, 2.05) is 66.4 Å². The van der Waals surface area contributed by atoms with Gasteiger partial charge in [-0.1, -0.05) is 6.07 Å². The summed E-state index contributed by atoms with van der Waals surface area (Å²) in [4.78, 5) is 17.1. The Hall–Kier alpha value is -2.69. The largest absolute Gasteiger partial charge is 0.497 e. The zero-order valence-electron chi connectivity index (χ0n) is 15.9. The van der Waals surface area contributed by atoms with Crippen LogP contribution in [0.15, 0.2) is 42.5 Å². The Morgan fingerprint density at radius 1 is 1.12 bits per heavy atom. The van der Waals surface area contributed by atoms with Gasteiger partial charge in [-0.15, -0.1) is 0 Å². The second kappa shape index (κ2) is 7.68. The topological polar surface area (TPSA) is 42.0 Å². The van der Waals surface area contributed by atoms with Gasteiger partial charge in [-0.3, -0.25) is 4.79 Å². The fourth-order valence-electron chi connectivity index (χ4n) is 3.51. The van der Waals surface area contributed by atoms with Crippen molar-refractivity contribution in [2.75, 3.05) is 39.8 Å². The van der Waals surface area contributed by atoms with E-state index < -0.39 is 0 Å². The van der Waals surface area contributed by atoms with E-state index in [4.69, 9.17) is 9.47 Å². The molecule has 1 aliphatic rings. The lowest BCUT2D eigenvalue weighted by atomic mass is 10.0. The lowest BCUT2D eigenvalue weighted by Gasteiger charge is -2.27. The molecule has 0 radical (unpaired) electrons. The van der Waals surface area contributed by atoms with Crippen molar-refractivity contribution in [1.82, 2.24) is 4.90 Å². The fourth-order valence-corrected chi connectivity index (χ4v) is 3.51. The number of benzene rings is 2. The normalized spacial score (nSPS) is 16.5. The highest BCUT2D eigenvalue weighted by Crippen LogP contribution is 2.39. The van der Waals surface area contributed by atoms with E-state index in [0.717, 1.165) is 47.7 Å². The smallest absolute Gasteiger partial charge is 0.254 e. The Balaban J connectivity index is 1.91. The first-order valence-electron chi connectivity index (χ1n) is 8.85. The predicted molar refractivity (Wildman–Crippen MR) is 103 cm³/mol. The predicted octanol–water partition coefficient (Wildman–Crippen LogP) is 3.75. The number of anilines is 1. The number of amides is 1. The van der Waals surface area contributed by atoms with Gasteiger partial charge in [-0.25, -0.2) is 0 Å². The van der Waals surface area contributed by atoms with Crippen LogP contribution in [0.3, 0.4) is 0 Å². The van der Waals surface area contributed by atoms with Gasteiger partial charge in [0.2, 0.25) is 0 Å². The minimum Gasteiger partial charge on any atom is -0.497 e. The minimum absolute atomic E-state index is 0.0198. The van der Waals surface area contributed by atoms with Crippen molar-refractivity contribution in [2.45, 2.75) is 18.9 Å². The van der Waals surface area contributed by atoms with E-state index in [0.29, 0.717) is 0 Å². The molecule has 2 aromatic carbocycles. The maximum absolute atomic E-state index is 13.2. The number of methoxy groups -OCH3 is 2. The van der Waals surface area contributed by atoms with E-state index in [1.54, 1.807) is 14.2 Å². The van der Waals surface area contributed by atoms with Crippen molar-refractivity contribution in [3.8, 4) is 11.5 Å². The molecule has 1 aliphatic heterocycles. The molecule has 1 fully saturated rings. The van der Waals surface area contributed by atoms with Crippen molar-refractivity contribution in [3.63, 3.8) is 0 Å². The monoisotopic (exact) mass is 354 g/mol. The second-order valence-corrected chi connectivity index (χ2v) is 6.71. The molecule has 1 atom stereocenters. The summed E-state index contributed by atoms with van der Waals surface area (Å²) in [5, 5.41) is 0. The van der Waals surface area contributed by atoms with Crippen molar-refractivity contribution < 1.29 is 14.3 Å². The van der Waals surface area contributed by atoms with E-state index in [-0.39, 0.29) is 11.9 Å². The first-order valence-corrected chi connectivity index (χ1v) is 8.85. The Kier molecular flexibility index (Phi) is 5.35. The summed E-state index contributed by atoms with van der Waals surface area (Å²) >= 11 is 0. The van der Waals surface area contributed by atoms with Crippen molar-refractivity contribution in [1.29, 1.82) is 0 Å². The first-order chi connectivity index (χ1) is 12.5. The van der Waals surface area contributed by atoms with Crippen LogP contribution in [0.5, 0.6) is 11.5 Å². The van der Waals surface area contributed by atoms with Crippen molar-refractivity contribution in [3.05, 3.63) is 53.6 Å². The van der Waals surface area contributed by atoms with Gasteiger partial charge in [0.15, 0.2) is 0 Å². The highest BCUT2D eigenvalue weighted by molar-refractivity contribution is 5.95. The van der Waals surface area contributed by atoms with E-state index in [2.05, 4.69) is 0 Å². The van der Waals surface area contributed by atoms with Crippen LogP contribution < -0.4 is 14.4 Å². The summed E-state index contributed by atoms with van der Waals surface area (Å²) in [5.41, 5.74) is 2.77. The van der Waals surface area contributed by atoms with Crippen molar-refractivity contribution >= 4 is 11.6 Å². The molecule has 0 N–H and O–H groups in total. The first kappa shape index (κ1) is 18.1. The molecule has 26 heavy (non-hydrogen) atoms. The maximum Gasteiger partial charge on any atom is 0.254 e. The molecular weight excluding hydrogens is 328 g/mol. The molecule has 5 nitrogen and oxygen atoms in total. The average molecular weight is 354 g/mol. The van der Waals surface area contributed by atoms with Gasteiger partial charge in [0.05, 0.1) is 20.3 Å². The summed E-state index contributed by atoms with van der Waals surface area (Å²) in [6.45, 7) is 0.755. The summed E-state index contributed by atoms with van der Waals surface area (Å²) in [6, 6.07) is 13.6. The number of carbonyl (C=O) groups is 1. The highest BCUT2D eigenvalue weighted by Gasteiger charge is 2.32. The molecular formula is C21H26N2O3. The average Bonchev–Trinajstić information content (AvgIpc) is 3.16. The summed E-state index contributed by atoms with van der Waals surface area (Å²) < 4.78 is 10.8. The van der Waals surface area contributed by atoms with Crippen molar-refractivity contribution in [2.24, 2.45) is 0 Å². The number of rotatable bonds is 5. The number of nitrogens with zero attached hydrogens (tertiary/aromatic N) is 2. The zero-order chi connectivity index (χ0) is 18.7. The summed E-state index contributed by atoms with van der Waals surface area (Å²) in [6.07, 6.45) is 1.92. The van der Waals surface area contributed by atoms with Crippen LogP contribution in [-0.4, -0.2) is 45.7 Å². The van der Waals surface area contributed by atoms with Crippen LogP contribution in [0.4, 0.5) is 5.69 Å². The highest BCUT2D eigenvalue weighted by atomic mass is 16.5. The van der Waals surface area contributed by atoms with Gasteiger partial charge in [0.25, 0.3) is 5.91 Å². The quantitative estimate of drug-likeness (QED) is 0.820. The third kappa shape index (κ3) is 3.47. The molecule has 3 rings (SSSR count). The molecule has 1 heterocycles. The van der Waals surface area contributed by atoms with Crippen LogP contribution in [0, 0.1) is 0 Å². The third-order valence-electron chi connectivity index (χ3n) is 4.92. The minimum atomic E-state index is 0.0198. The molecule has 5 heteroatoms. The molecule has 0 aliphatic carbocycles. The maximum atomic E-state index is 13.2. The molecule has 138 valence electrons. The van der Waals surface area contributed by atoms with Gasteiger partial charge in [0.1, 0.15) is 11.5 Å². The van der Waals surface area contributed by atoms with Crippen LogP contribution in [0.1, 0.15) is 34.8 Å². The van der Waals surface area contributed by atoms with Crippen LogP contribution in [0.25, 0.3) is 0 Å². The standard InChI is InChI=1S/C21H26N2O3/c1-22(2)16-8-5-7-15(13-16)21(24)23-12-6-9-19(23)18-11-10-17(25-3)14-20(18)26-4/h5,7-8,10-11,13-14,19H,6,9,12H2,1-4H3. The Bertz CT molecular complexity index is 789. The number of ether oxygens (including phenoxy) is 2. The number of likely N-dealkylation sites (tertiary alicyclic amines) is 1. The summed E-state index contributed by atoms with van der Waals surface area (Å²) in [5.74, 6) is 1.57. The number of hydrogen-bond acceptors (Lipinski definition) is 4. The fraction of sp³-hybridized carbons (Fsp3) is 0.381. The van der Waals surface area contributed by atoms with Crippen LogP contribution in [-0.2, 0) is 0 Å². The van der Waals surface area contributed by atoms with E-state index >= 15 is 0 Å². The summed E-state index contributed by atoms with van der Waals surface area (Å²) in [7, 11) is 7.24. The molecule has 1 saturated heterocycles. The molecule has 0 spiro atoms. The van der Waals surface area contributed by atoms with Crippen LogP contribution in [0.2, 0.25) is 0 Å². The van der Waals surface area contributed by atoms with Gasteiger partial charge in [-0.05, 0) is 43.2 Å². The molecule has 1 amide bonds. The number of hydrogen-bond donors (Lipinski definition) is 0. The van der Waals surface area contributed by atoms with E-state index in [1.165, 1.54) is 0 Å². The van der Waals surface area contributed by atoms with Crippen LogP contribution >= 0.6 is 0 Å². The van der Waals surface area contributed by atoms with E-state index in [9.17, 15) is 4.79 Å².